The standard InChI is InChI=1S/C13H25NO/c1-5-6-7-8-10-14(3)11-9-13(2)12-15-4/h9,11-12H,5-8,10H2,1-4H3/b11-9-,13-12-. The topological polar surface area (TPSA) is 12.5 Å². The number of nitrogens with zero attached hydrogens (tertiary/aromatic N) is 1. The lowest BCUT2D eigenvalue weighted by Gasteiger charge is -2.13. The molecule has 0 spiro atoms. The molecule has 0 rings (SSSR count). The smallest absolute Gasteiger partial charge is 0.0854 e. The second-order valence-corrected chi connectivity index (χ2v) is 3.95. The van der Waals surface area contributed by atoms with Crippen molar-refractivity contribution in [1.29, 1.82) is 0 Å². The zero-order valence-corrected chi connectivity index (χ0v) is 10.6. The van der Waals surface area contributed by atoms with Crippen LogP contribution in [0.5, 0.6) is 0 Å². The van der Waals surface area contributed by atoms with Crippen LogP contribution in [0.2, 0.25) is 0 Å². The monoisotopic (exact) mass is 211 g/mol. The average Bonchev–Trinajstić information content (AvgIpc) is 2.22. The van der Waals surface area contributed by atoms with Gasteiger partial charge in [0.1, 0.15) is 0 Å². The molecule has 0 bridgehead atoms. The van der Waals surface area contributed by atoms with Crippen molar-refractivity contribution in [2.75, 3.05) is 20.7 Å². The van der Waals surface area contributed by atoms with Gasteiger partial charge in [-0.3, -0.25) is 0 Å². The van der Waals surface area contributed by atoms with Gasteiger partial charge in [-0.15, -0.1) is 0 Å². The predicted molar refractivity (Wildman–Crippen MR) is 66.7 cm³/mol. The number of rotatable bonds is 8. The molecule has 15 heavy (non-hydrogen) atoms. The second kappa shape index (κ2) is 9.63. The summed E-state index contributed by atoms with van der Waals surface area (Å²) >= 11 is 0. The van der Waals surface area contributed by atoms with Crippen molar-refractivity contribution < 1.29 is 4.74 Å². The van der Waals surface area contributed by atoms with E-state index in [2.05, 4.69) is 31.1 Å². The van der Waals surface area contributed by atoms with Crippen LogP contribution in [0.25, 0.3) is 0 Å². The van der Waals surface area contributed by atoms with Crippen LogP contribution >= 0.6 is 0 Å². The Bertz CT molecular complexity index is 197. The molecule has 0 aromatic carbocycles. The third kappa shape index (κ3) is 9.39. The van der Waals surface area contributed by atoms with E-state index >= 15 is 0 Å². The highest BCUT2D eigenvalue weighted by Crippen LogP contribution is 2.01. The molecule has 0 aromatic rings. The van der Waals surface area contributed by atoms with Crippen LogP contribution in [0, 0.1) is 0 Å². The third-order valence-electron chi connectivity index (χ3n) is 2.26. The predicted octanol–water partition coefficient (Wildman–Crippen LogP) is 3.56. The second-order valence-electron chi connectivity index (χ2n) is 3.95. The Morgan fingerprint density at radius 1 is 1.27 bits per heavy atom. The number of methoxy groups -OCH3 is 1. The van der Waals surface area contributed by atoms with E-state index in [0.717, 1.165) is 12.1 Å². The van der Waals surface area contributed by atoms with Crippen LogP contribution < -0.4 is 0 Å². The van der Waals surface area contributed by atoms with Gasteiger partial charge in [0.05, 0.1) is 13.4 Å². The Kier molecular flexibility index (Phi) is 9.04. The zero-order chi connectivity index (χ0) is 11.5. The molecule has 0 radical (unpaired) electrons. The van der Waals surface area contributed by atoms with Crippen molar-refractivity contribution in [2.45, 2.75) is 39.5 Å². The van der Waals surface area contributed by atoms with Crippen molar-refractivity contribution in [3.8, 4) is 0 Å². The highest BCUT2D eigenvalue weighted by atomic mass is 16.5. The van der Waals surface area contributed by atoms with Crippen LogP contribution in [-0.4, -0.2) is 25.6 Å². The van der Waals surface area contributed by atoms with Gasteiger partial charge >= 0.3 is 0 Å². The summed E-state index contributed by atoms with van der Waals surface area (Å²) in [6, 6.07) is 0. The lowest BCUT2D eigenvalue weighted by molar-refractivity contribution is 0.335. The molecule has 0 aliphatic carbocycles. The molecule has 2 nitrogen and oxygen atoms in total. The first-order valence-electron chi connectivity index (χ1n) is 5.78. The molecule has 0 N–H and O–H groups in total. The van der Waals surface area contributed by atoms with Crippen LogP contribution in [-0.2, 0) is 4.74 Å². The van der Waals surface area contributed by atoms with E-state index in [1.165, 1.54) is 25.7 Å². The Morgan fingerprint density at radius 3 is 2.60 bits per heavy atom. The van der Waals surface area contributed by atoms with Gasteiger partial charge in [-0.05, 0) is 31.2 Å². The summed E-state index contributed by atoms with van der Waals surface area (Å²) in [5.41, 5.74) is 1.14. The first-order chi connectivity index (χ1) is 7.20. The minimum absolute atomic E-state index is 1.14. The molecule has 0 amide bonds. The molecule has 0 saturated carbocycles. The molecule has 0 atom stereocenters. The van der Waals surface area contributed by atoms with E-state index in [0.29, 0.717) is 0 Å². The fourth-order valence-electron chi connectivity index (χ4n) is 1.33. The van der Waals surface area contributed by atoms with Crippen LogP contribution in [0.15, 0.2) is 24.1 Å². The van der Waals surface area contributed by atoms with Gasteiger partial charge < -0.3 is 9.64 Å². The van der Waals surface area contributed by atoms with Crippen molar-refractivity contribution in [1.82, 2.24) is 4.90 Å². The van der Waals surface area contributed by atoms with E-state index < -0.39 is 0 Å². The molecule has 0 aliphatic heterocycles. The van der Waals surface area contributed by atoms with Crippen LogP contribution in [0.3, 0.4) is 0 Å². The number of ether oxygens (including phenoxy) is 1. The Hall–Kier alpha value is -0.920. The number of unbranched alkanes of at least 4 members (excludes halogenated alkanes) is 3. The fourth-order valence-corrected chi connectivity index (χ4v) is 1.33. The van der Waals surface area contributed by atoms with Crippen molar-refractivity contribution in [3.05, 3.63) is 24.1 Å². The van der Waals surface area contributed by atoms with Crippen LogP contribution in [0.1, 0.15) is 39.5 Å². The number of hydrogen-bond donors (Lipinski definition) is 0. The molecule has 0 saturated heterocycles. The maximum atomic E-state index is 4.92. The third-order valence-corrected chi connectivity index (χ3v) is 2.26. The molecule has 88 valence electrons. The first kappa shape index (κ1) is 14.1. The molecular weight excluding hydrogens is 186 g/mol. The number of hydrogen-bond acceptors (Lipinski definition) is 2. The van der Waals surface area contributed by atoms with Gasteiger partial charge in [-0.1, -0.05) is 26.2 Å². The van der Waals surface area contributed by atoms with E-state index in [1.54, 1.807) is 13.4 Å². The van der Waals surface area contributed by atoms with Gasteiger partial charge in [0.2, 0.25) is 0 Å². The van der Waals surface area contributed by atoms with E-state index in [1.807, 2.05) is 6.92 Å². The molecule has 0 aliphatic rings. The van der Waals surface area contributed by atoms with Gasteiger partial charge in [0.15, 0.2) is 0 Å². The fraction of sp³-hybridized carbons (Fsp3) is 0.692. The van der Waals surface area contributed by atoms with Gasteiger partial charge in [-0.25, -0.2) is 0 Å². The molecule has 0 unspecified atom stereocenters. The minimum atomic E-state index is 1.14. The van der Waals surface area contributed by atoms with Gasteiger partial charge in [0, 0.05) is 13.6 Å². The lowest BCUT2D eigenvalue weighted by Crippen LogP contribution is -2.11. The average molecular weight is 211 g/mol. The SMILES string of the molecule is CCCCCCN(C)/C=C\C(C)=C/OC. The molecule has 0 fully saturated rings. The molecule has 0 heterocycles. The normalized spacial score (nSPS) is 12.1. The first-order valence-corrected chi connectivity index (χ1v) is 5.78. The van der Waals surface area contributed by atoms with Crippen molar-refractivity contribution in [2.24, 2.45) is 0 Å². The summed E-state index contributed by atoms with van der Waals surface area (Å²) < 4.78 is 4.92. The van der Waals surface area contributed by atoms with Crippen molar-refractivity contribution >= 4 is 0 Å². The summed E-state index contributed by atoms with van der Waals surface area (Å²) in [6.07, 6.45) is 11.2. The summed E-state index contributed by atoms with van der Waals surface area (Å²) in [4.78, 5) is 2.22. The van der Waals surface area contributed by atoms with Gasteiger partial charge in [0.25, 0.3) is 0 Å². The summed E-state index contributed by atoms with van der Waals surface area (Å²) in [7, 11) is 3.79. The quantitative estimate of drug-likeness (QED) is 0.346. The Balaban J connectivity index is 3.63. The van der Waals surface area contributed by atoms with Gasteiger partial charge in [-0.2, -0.15) is 0 Å². The molecule has 0 aromatic heterocycles. The Morgan fingerprint density at radius 2 is 2.00 bits per heavy atom. The maximum absolute atomic E-state index is 4.92. The van der Waals surface area contributed by atoms with Crippen LogP contribution in [0.4, 0.5) is 0 Å². The highest BCUT2D eigenvalue weighted by molar-refractivity contribution is 5.12. The zero-order valence-electron chi connectivity index (χ0n) is 10.6. The summed E-state index contributed by atoms with van der Waals surface area (Å²) in [5, 5.41) is 0. The minimum Gasteiger partial charge on any atom is -0.504 e. The van der Waals surface area contributed by atoms with E-state index in [4.69, 9.17) is 4.74 Å². The largest absolute Gasteiger partial charge is 0.504 e. The Labute approximate surface area is 94.6 Å². The summed E-state index contributed by atoms with van der Waals surface area (Å²) in [5.74, 6) is 0. The maximum Gasteiger partial charge on any atom is 0.0854 e. The number of allylic oxidation sites excluding steroid dienone is 2. The molecular formula is C13H25NO. The van der Waals surface area contributed by atoms with Crippen molar-refractivity contribution in [3.63, 3.8) is 0 Å². The highest BCUT2D eigenvalue weighted by Gasteiger charge is 1.91. The van der Waals surface area contributed by atoms with E-state index in [9.17, 15) is 0 Å². The lowest BCUT2D eigenvalue weighted by atomic mass is 10.2. The summed E-state index contributed by atoms with van der Waals surface area (Å²) in [6.45, 7) is 5.41. The molecule has 2 heteroatoms. The van der Waals surface area contributed by atoms with E-state index in [-0.39, 0.29) is 0 Å².